The number of anilines is 1. The first-order valence-corrected chi connectivity index (χ1v) is 9.60. The van der Waals surface area contributed by atoms with E-state index in [1.807, 2.05) is 45.9 Å². The molecule has 1 unspecified atom stereocenters. The number of piperidine rings is 1. The maximum atomic E-state index is 12.8. The molecule has 1 heterocycles. The molecule has 1 fully saturated rings. The highest BCUT2D eigenvalue weighted by Gasteiger charge is 2.31. The Balaban J connectivity index is 1.93. The van der Waals surface area contributed by atoms with E-state index < -0.39 is 0 Å². The first-order valence-electron chi connectivity index (χ1n) is 9.60. The monoisotopic (exact) mass is 373 g/mol. The van der Waals surface area contributed by atoms with E-state index in [2.05, 4.69) is 5.32 Å². The molecule has 1 aromatic rings. The zero-order valence-electron chi connectivity index (χ0n) is 17.0. The van der Waals surface area contributed by atoms with Crippen LogP contribution in [0.1, 0.15) is 37.8 Å². The molecule has 1 saturated heterocycles. The van der Waals surface area contributed by atoms with Crippen LogP contribution < -0.4 is 5.32 Å². The van der Waals surface area contributed by atoms with Crippen LogP contribution in [0.2, 0.25) is 0 Å². The lowest BCUT2D eigenvalue weighted by Gasteiger charge is -2.34. The summed E-state index contributed by atoms with van der Waals surface area (Å²) in [5.41, 5.74) is 2.90. The number of amides is 3. The third kappa shape index (κ3) is 5.31. The van der Waals surface area contributed by atoms with Crippen LogP contribution in [0.15, 0.2) is 18.2 Å². The number of rotatable bonds is 5. The molecular weight excluding hydrogens is 342 g/mol. The van der Waals surface area contributed by atoms with Crippen molar-refractivity contribution in [1.82, 2.24) is 9.80 Å². The molecule has 1 N–H and O–H groups in total. The lowest BCUT2D eigenvalue weighted by molar-refractivity contribution is -0.143. The lowest BCUT2D eigenvalue weighted by Crippen LogP contribution is -2.48. The van der Waals surface area contributed by atoms with Crippen LogP contribution in [0.25, 0.3) is 0 Å². The molecular formula is C21H31N3O3. The van der Waals surface area contributed by atoms with Crippen LogP contribution in [-0.4, -0.2) is 54.2 Å². The van der Waals surface area contributed by atoms with Crippen LogP contribution in [-0.2, 0) is 14.4 Å². The molecule has 6 nitrogen and oxygen atoms in total. The zero-order valence-corrected chi connectivity index (χ0v) is 17.0. The second-order valence-corrected chi connectivity index (χ2v) is 7.77. The highest BCUT2D eigenvalue weighted by atomic mass is 16.2. The van der Waals surface area contributed by atoms with Crippen molar-refractivity contribution in [2.45, 2.75) is 40.5 Å². The molecule has 0 radical (unpaired) electrons. The third-order valence-corrected chi connectivity index (χ3v) is 5.21. The van der Waals surface area contributed by atoms with E-state index in [9.17, 15) is 14.4 Å². The van der Waals surface area contributed by atoms with E-state index in [1.165, 1.54) is 4.90 Å². The Hall–Kier alpha value is -2.37. The number of likely N-dealkylation sites (N-methyl/N-ethyl adjacent to an activating group) is 1. The average molecular weight is 373 g/mol. The molecule has 0 aliphatic carbocycles. The van der Waals surface area contributed by atoms with Crippen molar-refractivity contribution in [3.8, 4) is 0 Å². The molecule has 0 saturated carbocycles. The molecule has 3 amide bonds. The summed E-state index contributed by atoms with van der Waals surface area (Å²) in [6.07, 6.45) is 1.57. The van der Waals surface area contributed by atoms with Gasteiger partial charge >= 0.3 is 0 Å². The fourth-order valence-corrected chi connectivity index (χ4v) is 3.43. The summed E-state index contributed by atoms with van der Waals surface area (Å²) in [7, 11) is 1.65. The van der Waals surface area contributed by atoms with Gasteiger partial charge in [-0.3, -0.25) is 14.4 Å². The van der Waals surface area contributed by atoms with Gasteiger partial charge in [0.25, 0.3) is 0 Å². The van der Waals surface area contributed by atoms with Gasteiger partial charge in [-0.05, 0) is 43.9 Å². The summed E-state index contributed by atoms with van der Waals surface area (Å²) < 4.78 is 0. The minimum absolute atomic E-state index is 0.000836. The average Bonchev–Trinajstić information content (AvgIpc) is 2.64. The Morgan fingerprint density at radius 3 is 2.63 bits per heavy atom. The Morgan fingerprint density at radius 1 is 1.26 bits per heavy atom. The molecule has 1 aliphatic rings. The van der Waals surface area contributed by atoms with Gasteiger partial charge in [-0.25, -0.2) is 0 Å². The van der Waals surface area contributed by atoms with Crippen molar-refractivity contribution >= 4 is 23.4 Å². The molecule has 148 valence electrons. The number of nitrogens with one attached hydrogen (secondary N) is 1. The first kappa shape index (κ1) is 20.9. The molecule has 2 rings (SSSR count). The van der Waals surface area contributed by atoms with Crippen molar-refractivity contribution in [2.24, 2.45) is 11.8 Å². The maximum Gasteiger partial charge on any atom is 0.243 e. The number of carbonyl (C=O) groups is 3. The van der Waals surface area contributed by atoms with Gasteiger partial charge < -0.3 is 15.1 Å². The number of hydrogen-bond donors (Lipinski definition) is 1. The standard InChI is InChI=1S/C21H31N3O3/c1-14(2)20(26)24-11-7-9-17(12-24)21(27)23(5)13-19(25)22-18-10-6-8-15(3)16(18)4/h6,8,10,14,17H,7,9,11-13H2,1-5H3,(H,22,25). The van der Waals surface area contributed by atoms with Gasteiger partial charge in [0.15, 0.2) is 0 Å². The van der Waals surface area contributed by atoms with Crippen molar-refractivity contribution < 1.29 is 14.4 Å². The molecule has 1 aliphatic heterocycles. The summed E-state index contributed by atoms with van der Waals surface area (Å²) in [6, 6.07) is 5.75. The maximum absolute atomic E-state index is 12.8. The number of likely N-dealkylation sites (tertiary alicyclic amines) is 1. The predicted molar refractivity (Wildman–Crippen MR) is 106 cm³/mol. The topological polar surface area (TPSA) is 69.7 Å². The van der Waals surface area contributed by atoms with Crippen molar-refractivity contribution in [1.29, 1.82) is 0 Å². The summed E-state index contributed by atoms with van der Waals surface area (Å²) in [5.74, 6) is -0.513. The highest BCUT2D eigenvalue weighted by molar-refractivity contribution is 5.95. The quantitative estimate of drug-likeness (QED) is 0.862. The summed E-state index contributed by atoms with van der Waals surface area (Å²) in [4.78, 5) is 40.6. The third-order valence-electron chi connectivity index (χ3n) is 5.21. The first-order chi connectivity index (χ1) is 12.7. The van der Waals surface area contributed by atoms with Crippen LogP contribution in [0, 0.1) is 25.7 Å². The number of hydrogen-bond acceptors (Lipinski definition) is 3. The van der Waals surface area contributed by atoms with Gasteiger partial charge in [-0.15, -0.1) is 0 Å². The van der Waals surface area contributed by atoms with Crippen LogP contribution in [0.3, 0.4) is 0 Å². The van der Waals surface area contributed by atoms with Gasteiger partial charge in [-0.1, -0.05) is 26.0 Å². The summed E-state index contributed by atoms with van der Waals surface area (Å²) >= 11 is 0. The van der Waals surface area contributed by atoms with E-state index >= 15 is 0 Å². The van der Waals surface area contributed by atoms with E-state index in [0.717, 1.165) is 29.7 Å². The Bertz CT molecular complexity index is 715. The Morgan fingerprint density at radius 2 is 1.96 bits per heavy atom. The minimum Gasteiger partial charge on any atom is -0.342 e. The predicted octanol–water partition coefficient (Wildman–Crippen LogP) is 2.59. The minimum atomic E-state index is -0.236. The van der Waals surface area contributed by atoms with Gasteiger partial charge in [0.1, 0.15) is 0 Å². The van der Waals surface area contributed by atoms with Crippen molar-refractivity contribution in [3.63, 3.8) is 0 Å². The van der Waals surface area contributed by atoms with E-state index in [4.69, 9.17) is 0 Å². The van der Waals surface area contributed by atoms with Crippen LogP contribution >= 0.6 is 0 Å². The number of benzene rings is 1. The fraction of sp³-hybridized carbons (Fsp3) is 0.571. The second-order valence-electron chi connectivity index (χ2n) is 7.77. The summed E-state index contributed by atoms with van der Waals surface area (Å²) in [5, 5.41) is 2.88. The fourth-order valence-electron chi connectivity index (χ4n) is 3.43. The van der Waals surface area contributed by atoms with E-state index in [1.54, 1.807) is 11.9 Å². The molecule has 1 atom stereocenters. The molecule has 1 aromatic carbocycles. The van der Waals surface area contributed by atoms with Crippen molar-refractivity contribution in [3.05, 3.63) is 29.3 Å². The molecule has 6 heteroatoms. The molecule has 0 spiro atoms. The largest absolute Gasteiger partial charge is 0.342 e. The molecule has 0 aromatic heterocycles. The molecule has 27 heavy (non-hydrogen) atoms. The SMILES string of the molecule is Cc1cccc(NC(=O)CN(C)C(=O)C2CCCN(C(=O)C(C)C)C2)c1C. The van der Waals surface area contributed by atoms with Crippen LogP contribution in [0.5, 0.6) is 0 Å². The van der Waals surface area contributed by atoms with Gasteiger partial charge in [-0.2, -0.15) is 0 Å². The number of aryl methyl sites for hydroxylation is 1. The number of carbonyl (C=O) groups excluding carboxylic acids is 3. The normalized spacial score (nSPS) is 17.0. The second kappa shape index (κ2) is 9.02. The van der Waals surface area contributed by atoms with Gasteiger partial charge in [0, 0.05) is 31.7 Å². The smallest absolute Gasteiger partial charge is 0.243 e. The Labute approximate surface area is 161 Å². The van der Waals surface area contributed by atoms with E-state index in [0.29, 0.717) is 13.1 Å². The zero-order chi connectivity index (χ0) is 20.1. The van der Waals surface area contributed by atoms with Crippen LogP contribution in [0.4, 0.5) is 5.69 Å². The van der Waals surface area contributed by atoms with E-state index in [-0.39, 0.29) is 36.1 Å². The Kier molecular flexibility index (Phi) is 6.99. The molecule has 0 bridgehead atoms. The lowest BCUT2D eigenvalue weighted by atomic mass is 9.95. The van der Waals surface area contributed by atoms with Gasteiger partial charge in [0.2, 0.25) is 17.7 Å². The summed E-state index contributed by atoms with van der Waals surface area (Å²) in [6.45, 7) is 8.85. The highest BCUT2D eigenvalue weighted by Crippen LogP contribution is 2.21. The van der Waals surface area contributed by atoms with Gasteiger partial charge in [0.05, 0.1) is 12.5 Å². The van der Waals surface area contributed by atoms with Crippen molar-refractivity contribution in [2.75, 3.05) is 32.0 Å². The number of nitrogens with zero attached hydrogens (tertiary/aromatic N) is 2.